The van der Waals surface area contributed by atoms with Gasteiger partial charge in [0.2, 0.25) is 0 Å². The molecule has 0 aromatic heterocycles. The number of carbonyl (C=O) groups excluding carboxylic acids is 1. The van der Waals surface area contributed by atoms with Crippen LogP contribution in [-0.2, 0) is 24.1 Å². The SMILES string of the molecule is CC.Fc1cc(CCCN2CCCC2)cc2c1OCCO2.Fc1cc(CCCN2CCCC2)cc2c1OCCO2.NC(=O)/C(CCc1ccc2ccccc2c1)=N/O. The summed E-state index contributed by atoms with van der Waals surface area (Å²) in [7, 11) is 0. The van der Waals surface area contributed by atoms with Gasteiger partial charge < -0.3 is 39.7 Å². The number of benzene rings is 4. The zero-order valence-electron chi connectivity index (χ0n) is 34.2. The number of likely N-dealkylation sites (tertiary alicyclic amines) is 2. The largest absolute Gasteiger partial charge is 0.486 e. The summed E-state index contributed by atoms with van der Waals surface area (Å²) in [6.45, 7) is 13.0. The van der Waals surface area contributed by atoms with Crippen molar-refractivity contribution >= 4 is 22.4 Å². The molecule has 12 heteroatoms. The Hall–Kier alpha value is -4.94. The van der Waals surface area contributed by atoms with Gasteiger partial charge in [-0.15, -0.1) is 0 Å². The molecule has 2 saturated heterocycles. The van der Waals surface area contributed by atoms with E-state index in [0.29, 0.717) is 50.8 Å². The molecular weight excluding hydrogens is 743 g/mol. The number of oxime groups is 1. The van der Waals surface area contributed by atoms with E-state index in [1.807, 2.05) is 62.4 Å². The fraction of sp³-hybridized carbons (Fsp3) is 0.478. The monoisotopic (exact) mass is 802 g/mol. The number of aryl methyl sites for hydroxylation is 3. The highest BCUT2D eigenvalue weighted by atomic mass is 19.1. The van der Waals surface area contributed by atoms with Gasteiger partial charge in [0.15, 0.2) is 34.6 Å². The molecule has 0 aliphatic carbocycles. The number of amides is 1. The number of rotatable bonds is 12. The summed E-state index contributed by atoms with van der Waals surface area (Å²) in [6, 6.07) is 21.1. The minimum atomic E-state index is -0.682. The van der Waals surface area contributed by atoms with Crippen LogP contribution in [0.1, 0.15) is 75.5 Å². The van der Waals surface area contributed by atoms with Gasteiger partial charge in [0, 0.05) is 6.42 Å². The molecule has 0 saturated carbocycles. The molecular formula is C46H60F2N4O6. The molecule has 4 aromatic carbocycles. The lowest BCUT2D eigenvalue weighted by Crippen LogP contribution is -2.23. The van der Waals surface area contributed by atoms with Crippen LogP contribution in [0, 0.1) is 11.6 Å². The Morgan fingerprint density at radius 1 is 0.655 bits per heavy atom. The van der Waals surface area contributed by atoms with E-state index in [1.54, 1.807) is 12.1 Å². The molecule has 58 heavy (non-hydrogen) atoms. The average Bonchev–Trinajstić information content (AvgIpc) is 3.98. The number of carbonyl (C=O) groups is 1. The first-order valence-electron chi connectivity index (χ1n) is 21.0. The average molecular weight is 803 g/mol. The first kappa shape index (κ1) is 44.2. The topological polar surface area (TPSA) is 119 Å². The van der Waals surface area contributed by atoms with E-state index < -0.39 is 5.91 Å². The number of ether oxygens (including phenoxy) is 4. The van der Waals surface area contributed by atoms with Crippen LogP contribution in [0.5, 0.6) is 23.0 Å². The third-order valence-electron chi connectivity index (χ3n) is 10.5. The summed E-state index contributed by atoms with van der Waals surface area (Å²) < 4.78 is 49.2. The quantitative estimate of drug-likeness (QED) is 0.0834. The summed E-state index contributed by atoms with van der Waals surface area (Å²) in [5.41, 5.74) is 8.16. The maximum atomic E-state index is 13.8. The molecule has 10 nitrogen and oxygen atoms in total. The maximum absolute atomic E-state index is 13.8. The van der Waals surface area contributed by atoms with Crippen LogP contribution in [0.25, 0.3) is 10.8 Å². The fourth-order valence-corrected chi connectivity index (χ4v) is 7.52. The molecule has 4 heterocycles. The fourth-order valence-electron chi connectivity index (χ4n) is 7.52. The van der Waals surface area contributed by atoms with Crippen LogP contribution in [-0.4, -0.2) is 92.3 Å². The summed E-state index contributed by atoms with van der Waals surface area (Å²) in [6.07, 6.45) is 10.2. The van der Waals surface area contributed by atoms with E-state index in [4.69, 9.17) is 29.9 Å². The van der Waals surface area contributed by atoms with Crippen molar-refractivity contribution in [1.82, 2.24) is 9.80 Å². The Morgan fingerprint density at radius 2 is 1.14 bits per heavy atom. The number of primary amides is 1. The van der Waals surface area contributed by atoms with Crippen molar-refractivity contribution in [3.8, 4) is 23.0 Å². The second-order valence-electron chi connectivity index (χ2n) is 14.6. The van der Waals surface area contributed by atoms with Crippen molar-refractivity contribution in [2.45, 2.75) is 78.1 Å². The Morgan fingerprint density at radius 3 is 1.62 bits per heavy atom. The number of hydrogen-bond acceptors (Lipinski definition) is 9. The first-order chi connectivity index (χ1) is 28.4. The van der Waals surface area contributed by atoms with E-state index in [0.717, 1.165) is 60.8 Å². The van der Waals surface area contributed by atoms with Gasteiger partial charge in [-0.1, -0.05) is 61.5 Å². The van der Waals surface area contributed by atoms with Crippen molar-refractivity contribution in [3.05, 3.63) is 95.1 Å². The molecule has 3 N–H and O–H groups in total. The lowest BCUT2D eigenvalue weighted by Gasteiger charge is -2.20. The number of nitrogens with two attached hydrogens (primary N) is 1. The highest BCUT2D eigenvalue weighted by Gasteiger charge is 2.20. The van der Waals surface area contributed by atoms with Crippen LogP contribution >= 0.6 is 0 Å². The first-order valence-corrected chi connectivity index (χ1v) is 21.0. The molecule has 4 aromatic rings. The van der Waals surface area contributed by atoms with Gasteiger partial charge in [0.25, 0.3) is 5.91 Å². The zero-order valence-corrected chi connectivity index (χ0v) is 34.2. The van der Waals surface area contributed by atoms with E-state index in [1.165, 1.54) is 57.2 Å². The number of hydrogen-bond donors (Lipinski definition) is 2. The summed E-state index contributed by atoms with van der Waals surface area (Å²) >= 11 is 0. The summed E-state index contributed by atoms with van der Waals surface area (Å²) in [5.74, 6) is 0.383. The molecule has 8 rings (SSSR count). The smallest absolute Gasteiger partial charge is 0.266 e. The molecule has 0 spiro atoms. The van der Waals surface area contributed by atoms with Gasteiger partial charge in [-0.2, -0.15) is 0 Å². The van der Waals surface area contributed by atoms with Gasteiger partial charge in [0.05, 0.1) is 0 Å². The lowest BCUT2D eigenvalue weighted by molar-refractivity contribution is -0.112. The minimum absolute atomic E-state index is 0.00292. The highest BCUT2D eigenvalue weighted by molar-refractivity contribution is 6.38. The van der Waals surface area contributed by atoms with Crippen LogP contribution in [0.3, 0.4) is 0 Å². The van der Waals surface area contributed by atoms with Crippen molar-refractivity contribution in [2.24, 2.45) is 10.9 Å². The standard InChI is InChI=1S/2C15H20FNO2.C14H14N2O2.C2H6/c2*16-13-10-12(4-3-7-17-5-1-2-6-17)11-14-15(13)19-9-8-18-14;15-14(17)13(16-18)8-6-10-5-7-11-3-1-2-4-12(11)9-10;1-2/h2*10-11H,1-9H2;1-5,7,9,18H,6,8H2,(H2,15,17);1-2H3/b;;16-13+;. The molecule has 0 atom stereocenters. The number of fused-ring (bicyclic) bond motifs is 3. The van der Waals surface area contributed by atoms with E-state index in [2.05, 4.69) is 21.0 Å². The van der Waals surface area contributed by atoms with E-state index in [-0.39, 0.29) is 28.8 Å². The molecule has 4 aliphatic heterocycles. The Bertz CT molecular complexity index is 1850. The molecule has 0 bridgehead atoms. The minimum Gasteiger partial charge on any atom is -0.486 e. The predicted octanol–water partition coefficient (Wildman–Crippen LogP) is 8.36. The van der Waals surface area contributed by atoms with Crippen LogP contribution in [0.15, 0.2) is 71.9 Å². The summed E-state index contributed by atoms with van der Waals surface area (Å²) in [4.78, 5) is 15.9. The molecule has 1 amide bonds. The van der Waals surface area contributed by atoms with Crippen molar-refractivity contribution < 1.29 is 37.7 Å². The third-order valence-corrected chi connectivity index (χ3v) is 10.5. The van der Waals surface area contributed by atoms with Gasteiger partial charge in [0.1, 0.15) is 32.1 Å². The highest BCUT2D eigenvalue weighted by Crippen LogP contribution is 2.35. The van der Waals surface area contributed by atoms with Gasteiger partial charge in [-0.25, -0.2) is 8.78 Å². The molecule has 0 unspecified atom stereocenters. The summed E-state index contributed by atoms with van der Waals surface area (Å²) in [5, 5.41) is 13.9. The Balaban J connectivity index is 0.000000162. The van der Waals surface area contributed by atoms with Gasteiger partial charge in [-0.05, 0) is 149 Å². The second kappa shape index (κ2) is 23.5. The van der Waals surface area contributed by atoms with Crippen LogP contribution in [0.4, 0.5) is 8.78 Å². The van der Waals surface area contributed by atoms with E-state index in [9.17, 15) is 13.6 Å². The van der Waals surface area contributed by atoms with Crippen molar-refractivity contribution in [3.63, 3.8) is 0 Å². The predicted molar refractivity (Wildman–Crippen MR) is 225 cm³/mol. The molecule has 0 radical (unpaired) electrons. The van der Waals surface area contributed by atoms with Gasteiger partial charge >= 0.3 is 0 Å². The van der Waals surface area contributed by atoms with Crippen molar-refractivity contribution in [2.75, 3.05) is 65.7 Å². The van der Waals surface area contributed by atoms with Gasteiger partial charge in [-0.3, -0.25) is 4.79 Å². The number of nitrogens with zero attached hydrogens (tertiary/aromatic N) is 3. The Labute approximate surface area is 341 Å². The van der Waals surface area contributed by atoms with Crippen molar-refractivity contribution in [1.29, 1.82) is 0 Å². The lowest BCUT2D eigenvalue weighted by atomic mass is 10.0. The molecule has 314 valence electrons. The molecule has 2 fully saturated rings. The zero-order chi connectivity index (χ0) is 41.1. The second-order valence-corrected chi connectivity index (χ2v) is 14.6. The normalized spacial score (nSPS) is 16.0. The maximum Gasteiger partial charge on any atom is 0.266 e. The third kappa shape index (κ3) is 13.3. The number of halogens is 2. The van der Waals surface area contributed by atoms with Crippen LogP contribution in [0.2, 0.25) is 0 Å². The Kier molecular flexibility index (Phi) is 17.9. The van der Waals surface area contributed by atoms with Crippen LogP contribution < -0.4 is 24.7 Å². The molecule has 4 aliphatic rings. The van der Waals surface area contributed by atoms with E-state index >= 15 is 0 Å².